The Labute approximate surface area is 123 Å². The van der Waals surface area contributed by atoms with Gasteiger partial charge in [-0.3, -0.25) is 0 Å². The van der Waals surface area contributed by atoms with E-state index in [1.165, 1.54) is 12.1 Å². The number of nitrogens with two attached hydrogens (primary N) is 1. The molecule has 0 spiro atoms. The third kappa shape index (κ3) is 2.85. The Hall–Kier alpha value is -1.41. The van der Waals surface area contributed by atoms with Crippen molar-refractivity contribution in [2.45, 2.75) is 6.18 Å². The molecule has 20 heavy (non-hydrogen) atoms. The first kappa shape index (κ1) is 15.0. The van der Waals surface area contributed by atoms with Gasteiger partial charge in [-0.15, -0.1) is 0 Å². The zero-order valence-electron chi connectivity index (χ0n) is 9.47. The molecular weight excluding hydrogens is 365 g/mol. The van der Waals surface area contributed by atoms with Crippen LogP contribution in [0.4, 0.5) is 23.5 Å². The van der Waals surface area contributed by atoms with E-state index in [1.54, 1.807) is 0 Å². The van der Waals surface area contributed by atoms with Gasteiger partial charge in [0.05, 0.1) is 10.7 Å². The highest BCUT2D eigenvalue weighted by atomic mass is 79.9. The summed E-state index contributed by atoms with van der Waals surface area (Å²) in [6, 6.07) is 3.25. The van der Waals surface area contributed by atoms with Crippen molar-refractivity contribution in [3.8, 4) is 11.3 Å². The van der Waals surface area contributed by atoms with Crippen LogP contribution in [-0.2, 0) is 6.18 Å². The van der Waals surface area contributed by atoms with Gasteiger partial charge in [0.2, 0.25) is 5.95 Å². The smallest absolute Gasteiger partial charge is 0.368 e. The molecule has 0 saturated carbocycles. The van der Waals surface area contributed by atoms with Crippen LogP contribution in [0.1, 0.15) is 5.69 Å². The van der Waals surface area contributed by atoms with E-state index in [0.29, 0.717) is 6.07 Å². The van der Waals surface area contributed by atoms with Crippen LogP contribution in [-0.4, -0.2) is 9.97 Å². The Bertz CT molecular complexity index is 675. The molecule has 0 aliphatic heterocycles. The summed E-state index contributed by atoms with van der Waals surface area (Å²) in [5, 5.41) is -0.256. The minimum Gasteiger partial charge on any atom is -0.368 e. The molecule has 0 radical (unpaired) electrons. The van der Waals surface area contributed by atoms with Gasteiger partial charge in [0.25, 0.3) is 0 Å². The lowest BCUT2D eigenvalue weighted by atomic mass is 10.1. The molecule has 0 fully saturated rings. The fourth-order valence-electron chi connectivity index (χ4n) is 1.47. The summed E-state index contributed by atoms with van der Waals surface area (Å²) >= 11 is 8.69. The first-order valence-electron chi connectivity index (χ1n) is 5.06. The Morgan fingerprint density at radius 3 is 2.45 bits per heavy atom. The SMILES string of the molecule is Nc1nc(-c2ccc(Br)c(Cl)c2F)cc(C(F)(F)F)n1. The number of benzene rings is 1. The first-order valence-corrected chi connectivity index (χ1v) is 6.23. The second-order valence-corrected chi connectivity index (χ2v) is 4.95. The molecule has 2 aromatic rings. The van der Waals surface area contributed by atoms with Crippen LogP contribution in [0.25, 0.3) is 11.3 Å². The van der Waals surface area contributed by atoms with Crippen LogP contribution in [0.15, 0.2) is 22.7 Å². The molecule has 1 heterocycles. The predicted octanol–water partition coefficient (Wildman–Crippen LogP) is 4.30. The van der Waals surface area contributed by atoms with Crippen molar-refractivity contribution < 1.29 is 17.6 Å². The van der Waals surface area contributed by atoms with E-state index in [9.17, 15) is 17.6 Å². The van der Waals surface area contributed by atoms with E-state index in [2.05, 4.69) is 25.9 Å². The molecule has 2 N–H and O–H groups in total. The lowest BCUT2D eigenvalue weighted by Crippen LogP contribution is -2.11. The zero-order chi connectivity index (χ0) is 15.1. The number of anilines is 1. The van der Waals surface area contributed by atoms with Crippen molar-refractivity contribution in [1.29, 1.82) is 0 Å². The fraction of sp³-hybridized carbons (Fsp3) is 0.0909. The van der Waals surface area contributed by atoms with Gasteiger partial charge in [-0.25, -0.2) is 14.4 Å². The van der Waals surface area contributed by atoms with Crippen molar-refractivity contribution in [1.82, 2.24) is 9.97 Å². The Balaban J connectivity index is 2.65. The Morgan fingerprint density at radius 1 is 1.20 bits per heavy atom. The van der Waals surface area contributed by atoms with Gasteiger partial charge < -0.3 is 5.73 Å². The van der Waals surface area contributed by atoms with Gasteiger partial charge >= 0.3 is 6.18 Å². The van der Waals surface area contributed by atoms with Gasteiger partial charge in [-0.1, -0.05) is 11.6 Å². The van der Waals surface area contributed by atoms with Crippen molar-refractivity contribution in [2.75, 3.05) is 5.73 Å². The van der Waals surface area contributed by atoms with Crippen LogP contribution in [0, 0.1) is 5.82 Å². The number of nitrogens with zero attached hydrogens (tertiary/aromatic N) is 2. The molecule has 0 bridgehead atoms. The van der Waals surface area contributed by atoms with Gasteiger partial charge in [-0.2, -0.15) is 13.2 Å². The second kappa shape index (κ2) is 5.17. The molecule has 106 valence electrons. The number of hydrogen-bond donors (Lipinski definition) is 1. The molecule has 0 aliphatic rings. The third-order valence-corrected chi connectivity index (χ3v) is 3.60. The lowest BCUT2D eigenvalue weighted by Gasteiger charge is -2.10. The number of alkyl halides is 3. The summed E-state index contributed by atoms with van der Waals surface area (Å²) in [5.74, 6) is -1.50. The summed E-state index contributed by atoms with van der Waals surface area (Å²) in [4.78, 5) is 6.68. The van der Waals surface area contributed by atoms with E-state index in [0.717, 1.165) is 0 Å². The van der Waals surface area contributed by atoms with Gasteiger partial charge in [0.1, 0.15) is 0 Å². The van der Waals surface area contributed by atoms with E-state index in [1.807, 2.05) is 0 Å². The molecule has 1 aromatic carbocycles. The summed E-state index contributed by atoms with van der Waals surface area (Å²) in [6.45, 7) is 0. The van der Waals surface area contributed by atoms with Crippen molar-refractivity contribution >= 4 is 33.5 Å². The van der Waals surface area contributed by atoms with Crippen LogP contribution < -0.4 is 5.73 Å². The number of nitrogen functional groups attached to an aromatic ring is 1. The summed E-state index contributed by atoms with van der Waals surface area (Å²) < 4.78 is 52.1. The Kier molecular flexibility index (Phi) is 3.88. The highest BCUT2D eigenvalue weighted by Crippen LogP contribution is 2.35. The second-order valence-electron chi connectivity index (χ2n) is 3.72. The lowest BCUT2D eigenvalue weighted by molar-refractivity contribution is -0.141. The molecule has 0 unspecified atom stereocenters. The largest absolute Gasteiger partial charge is 0.433 e. The minimum absolute atomic E-state index is 0.196. The quantitative estimate of drug-likeness (QED) is 0.601. The topological polar surface area (TPSA) is 51.8 Å². The van der Waals surface area contributed by atoms with Crippen LogP contribution in [0.3, 0.4) is 0 Å². The van der Waals surface area contributed by atoms with Gasteiger partial charge in [-0.05, 0) is 34.1 Å². The molecule has 2 rings (SSSR count). The first-order chi connectivity index (χ1) is 9.20. The average Bonchev–Trinajstić information content (AvgIpc) is 2.34. The maximum absolute atomic E-state index is 14.0. The van der Waals surface area contributed by atoms with Gasteiger partial charge in [0.15, 0.2) is 11.5 Å². The number of aromatic nitrogens is 2. The summed E-state index contributed by atoms with van der Waals surface area (Å²) in [5.41, 5.74) is 3.48. The predicted molar refractivity (Wildman–Crippen MR) is 69.6 cm³/mol. The highest BCUT2D eigenvalue weighted by Gasteiger charge is 2.34. The average molecular weight is 371 g/mol. The van der Waals surface area contributed by atoms with Crippen LogP contribution in [0.5, 0.6) is 0 Å². The molecule has 0 saturated heterocycles. The van der Waals surface area contributed by atoms with Gasteiger partial charge in [0, 0.05) is 10.0 Å². The Morgan fingerprint density at radius 2 is 1.85 bits per heavy atom. The minimum atomic E-state index is -4.71. The third-order valence-electron chi connectivity index (χ3n) is 2.35. The van der Waals surface area contributed by atoms with E-state index >= 15 is 0 Å². The summed E-state index contributed by atoms with van der Waals surface area (Å²) in [7, 11) is 0. The van der Waals surface area contributed by atoms with Crippen LogP contribution >= 0.6 is 27.5 Å². The van der Waals surface area contributed by atoms with Crippen molar-refractivity contribution in [2.24, 2.45) is 0 Å². The molecule has 0 amide bonds. The van der Waals surface area contributed by atoms with E-state index in [4.69, 9.17) is 17.3 Å². The maximum atomic E-state index is 14.0. The van der Waals surface area contributed by atoms with Crippen molar-refractivity contribution in [3.63, 3.8) is 0 Å². The number of hydrogen-bond acceptors (Lipinski definition) is 3. The van der Waals surface area contributed by atoms with Crippen molar-refractivity contribution in [3.05, 3.63) is 39.2 Å². The normalized spacial score (nSPS) is 11.7. The van der Waals surface area contributed by atoms with E-state index in [-0.39, 0.29) is 20.8 Å². The van der Waals surface area contributed by atoms with E-state index < -0.39 is 23.6 Å². The standard InChI is InChI=1S/C11H5BrClF4N3/c12-5-2-1-4(9(14)8(5)13)6-3-7(11(15,16)17)20-10(18)19-6/h1-3H,(H2,18,19,20). The number of halogens is 6. The molecular formula is C11H5BrClF4N3. The van der Waals surface area contributed by atoms with Crippen LogP contribution in [0.2, 0.25) is 5.02 Å². The molecule has 1 aromatic heterocycles. The molecule has 0 atom stereocenters. The molecule has 9 heteroatoms. The maximum Gasteiger partial charge on any atom is 0.433 e. The number of rotatable bonds is 1. The highest BCUT2D eigenvalue weighted by molar-refractivity contribution is 9.10. The molecule has 3 nitrogen and oxygen atoms in total. The zero-order valence-corrected chi connectivity index (χ0v) is 11.8. The monoisotopic (exact) mass is 369 g/mol. The molecule has 0 aliphatic carbocycles. The summed E-state index contributed by atoms with van der Waals surface area (Å²) in [6.07, 6.45) is -4.71. The fourth-order valence-corrected chi connectivity index (χ4v) is 1.94.